The minimum atomic E-state index is -0.0740. The molecule has 160 valence electrons. The second-order valence-corrected chi connectivity index (χ2v) is 11.0. The molecule has 0 saturated carbocycles. The molecule has 2 rings (SSSR count). The van der Waals surface area contributed by atoms with E-state index in [1.165, 1.54) is 90.6 Å². The van der Waals surface area contributed by atoms with Crippen molar-refractivity contribution in [3.05, 3.63) is 61.7 Å². The molecular weight excluding hydrogens is 467 g/mol. The maximum atomic E-state index is 5.92. The predicted octanol–water partition coefficient (Wildman–Crippen LogP) is 5.29. The second-order valence-electron chi connectivity index (χ2n) is 7.94. The minimum Gasteiger partial charge on any atom is -0.494 e. The first-order chi connectivity index (χ1) is 14.4. The van der Waals surface area contributed by atoms with Crippen molar-refractivity contribution in [2.45, 2.75) is 90.4 Å². The van der Waals surface area contributed by atoms with Crippen LogP contribution < -0.4 is 25.9 Å². The number of ether oxygens (including phenoxy) is 1. The van der Waals surface area contributed by atoms with Gasteiger partial charge in [-0.25, -0.2) is 0 Å². The van der Waals surface area contributed by atoms with E-state index in [2.05, 4.69) is 61.5 Å². The van der Waals surface area contributed by atoms with Crippen LogP contribution in [-0.4, -0.2) is 6.61 Å². The van der Waals surface area contributed by atoms with E-state index in [0.29, 0.717) is 0 Å². The highest BCUT2D eigenvalue weighted by Crippen LogP contribution is 2.13. The van der Waals surface area contributed by atoms with Gasteiger partial charge in [0.05, 0.1) is 6.61 Å². The van der Waals surface area contributed by atoms with E-state index < -0.39 is 0 Å². The van der Waals surface area contributed by atoms with Crippen LogP contribution in [0, 0.1) is 7.14 Å². The fraction of sp³-hybridized carbons (Fsp3) is 0.556. The molecule has 0 fully saturated rings. The summed E-state index contributed by atoms with van der Waals surface area (Å²) in [5, 5.41) is 0. The smallest absolute Gasteiger partial charge is 0.357 e. The van der Waals surface area contributed by atoms with Crippen molar-refractivity contribution in [3.8, 4) is 5.75 Å². The molecule has 0 spiro atoms. The number of rotatable bonds is 17. The molecule has 0 aliphatic carbocycles. The predicted molar refractivity (Wildman–Crippen MR) is 121 cm³/mol. The zero-order chi connectivity index (χ0) is 20.4. The molecule has 0 N–H and O–H groups in total. The number of hydrogen-bond donors (Lipinski definition) is 0. The zero-order valence-corrected chi connectivity index (χ0v) is 20.5. The lowest BCUT2D eigenvalue weighted by molar-refractivity contribution is -0.597. The highest BCUT2D eigenvalue weighted by atomic mass is 127. The molecule has 1 nitrogen and oxygen atoms in total. The summed E-state index contributed by atoms with van der Waals surface area (Å²) < 4.78 is 8.84. The van der Waals surface area contributed by atoms with Crippen molar-refractivity contribution in [1.82, 2.24) is 0 Å². The molecule has 0 aliphatic heterocycles. The van der Waals surface area contributed by atoms with Crippen LogP contribution in [0.4, 0.5) is 0 Å². The highest BCUT2D eigenvalue weighted by molar-refractivity contribution is 5.20. The molecule has 2 aromatic carbocycles. The summed E-state index contributed by atoms with van der Waals surface area (Å²) in [5.41, 5.74) is 0. The number of benzene rings is 2. The highest BCUT2D eigenvalue weighted by Gasteiger charge is 2.14. The van der Waals surface area contributed by atoms with Gasteiger partial charge in [0.2, 0.25) is 0 Å². The summed E-state index contributed by atoms with van der Waals surface area (Å²) in [6, 6.07) is 19.5. The van der Waals surface area contributed by atoms with Gasteiger partial charge in [0.1, 0.15) is 5.75 Å². The summed E-state index contributed by atoms with van der Waals surface area (Å²) in [6.07, 6.45) is 18.1. The zero-order valence-electron chi connectivity index (χ0n) is 18.4. The first kappa shape index (κ1) is 24.2. The van der Waals surface area contributed by atoms with Crippen LogP contribution in [0.25, 0.3) is 0 Å². The molecule has 0 unspecified atom stereocenters. The summed E-state index contributed by atoms with van der Waals surface area (Å²) in [7, 11) is 0. The molecule has 0 aromatic heterocycles. The lowest BCUT2D eigenvalue weighted by atomic mass is 10.0. The van der Waals surface area contributed by atoms with Gasteiger partial charge in [0.15, 0.2) is 7.14 Å². The fourth-order valence-corrected chi connectivity index (χ4v) is 5.72. The molecule has 0 bridgehead atoms. The van der Waals surface area contributed by atoms with E-state index in [1.54, 1.807) is 0 Å². The molecule has 0 aliphatic rings. The lowest BCUT2D eigenvalue weighted by Gasteiger charge is -2.06. The van der Waals surface area contributed by atoms with E-state index in [0.717, 1.165) is 12.4 Å². The van der Waals surface area contributed by atoms with Crippen LogP contribution in [0.2, 0.25) is 0 Å². The van der Waals surface area contributed by atoms with Gasteiger partial charge in [-0.15, -0.1) is 0 Å². The van der Waals surface area contributed by atoms with Gasteiger partial charge in [0, 0.05) is 0 Å². The second kappa shape index (κ2) is 16.7. The van der Waals surface area contributed by atoms with E-state index in [4.69, 9.17) is 4.74 Å². The van der Waals surface area contributed by atoms with Gasteiger partial charge < -0.3 is 4.74 Å². The Morgan fingerprint density at radius 1 is 0.552 bits per heavy atom. The van der Waals surface area contributed by atoms with Crippen molar-refractivity contribution in [1.29, 1.82) is 0 Å². The van der Waals surface area contributed by atoms with Gasteiger partial charge in [-0.2, -0.15) is 0 Å². The largest absolute Gasteiger partial charge is 0.494 e. The third kappa shape index (κ3) is 12.3. The Balaban J connectivity index is 1.41. The molecule has 0 heterocycles. The van der Waals surface area contributed by atoms with Crippen molar-refractivity contribution in [2.75, 3.05) is 6.61 Å². The number of unbranched alkanes of at least 4 members (excludes halogenated alkanes) is 12. The maximum absolute atomic E-state index is 5.92. The first-order valence-corrected chi connectivity index (χ1v) is 14.0. The molecule has 2 aromatic rings. The van der Waals surface area contributed by atoms with Gasteiger partial charge in [-0.05, 0) is 42.8 Å². The summed E-state index contributed by atoms with van der Waals surface area (Å²) >= 11 is -0.0740. The van der Waals surface area contributed by atoms with Gasteiger partial charge >= 0.3 is 21.2 Å². The molecule has 0 atom stereocenters. The minimum absolute atomic E-state index is 0.0740. The maximum Gasteiger partial charge on any atom is 0.357 e. The number of halogens is 1. The quantitative estimate of drug-likeness (QED) is 0.209. The summed E-state index contributed by atoms with van der Waals surface area (Å²) in [4.78, 5) is 0. The topological polar surface area (TPSA) is 9.23 Å². The molecule has 0 saturated heterocycles. The van der Waals surface area contributed by atoms with Crippen molar-refractivity contribution in [3.63, 3.8) is 0 Å². The monoisotopic (exact) mass is 507 g/mol. The van der Waals surface area contributed by atoms with Crippen LogP contribution in [0.5, 0.6) is 5.75 Å². The molecule has 0 radical (unpaired) electrons. The van der Waals surface area contributed by atoms with Crippen LogP contribution in [0.3, 0.4) is 0 Å². The fourth-order valence-electron chi connectivity index (χ4n) is 3.51. The van der Waals surface area contributed by atoms with Crippen LogP contribution in [0.1, 0.15) is 90.4 Å². The Bertz CT molecular complexity index is 608. The Kier molecular flexibility index (Phi) is 14.0. The Labute approximate surface area is 189 Å². The first-order valence-electron chi connectivity index (χ1n) is 11.8. The van der Waals surface area contributed by atoms with Crippen LogP contribution in [-0.2, 0) is 0 Å². The molecule has 0 amide bonds. The van der Waals surface area contributed by atoms with E-state index in [9.17, 15) is 0 Å². The third-order valence-corrected chi connectivity index (χ3v) is 7.97. The summed E-state index contributed by atoms with van der Waals surface area (Å²) in [5.74, 6) is 1.02. The molecular formula is C27H40IO+. The van der Waals surface area contributed by atoms with Crippen LogP contribution >= 0.6 is 0 Å². The normalized spacial score (nSPS) is 10.9. The van der Waals surface area contributed by atoms with E-state index in [-0.39, 0.29) is 21.2 Å². The van der Waals surface area contributed by atoms with Gasteiger partial charge in [-0.1, -0.05) is 102 Å². The average molecular weight is 508 g/mol. The summed E-state index contributed by atoms with van der Waals surface area (Å²) in [6.45, 7) is 3.14. The lowest BCUT2D eigenvalue weighted by Crippen LogP contribution is -3.61. The van der Waals surface area contributed by atoms with Crippen molar-refractivity contribution < 1.29 is 25.9 Å². The SMILES string of the molecule is CCCCCCCCCCCCCCCOc1ccc([I+]c2ccccc2)cc1. The van der Waals surface area contributed by atoms with Crippen molar-refractivity contribution >= 4 is 0 Å². The molecule has 29 heavy (non-hydrogen) atoms. The Hall–Kier alpha value is -1.03. The number of hydrogen-bond acceptors (Lipinski definition) is 1. The van der Waals surface area contributed by atoms with E-state index in [1.807, 2.05) is 0 Å². The average Bonchev–Trinajstić information content (AvgIpc) is 2.76. The van der Waals surface area contributed by atoms with Gasteiger partial charge in [0.25, 0.3) is 0 Å². The Morgan fingerprint density at radius 2 is 1.03 bits per heavy atom. The Morgan fingerprint density at radius 3 is 1.59 bits per heavy atom. The van der Waals surface area contributed by atoms with Crippen molar-refractivity contribution in [2.24, 2.45) is 0 Å². The van der Waals surface area contributed by atoms with E-state index >= 15 is 0 Å². The molecule has 2 heteroatoms. The van der Waals surface area contributed by atoms with Crippen LogP contribution in [0.15, 0.2) is 54.6 Å². The van der Waals surface area contributed by atoms with Gasteiger partial charge in [-0.3, -0.25) is 0 Å². The standard InChI is InChI=1S/C27H40IO/c1-2-3-4-5-6-7-8-9-10-11-12-13-17-24-29-27-22-20-26(21-23-27)28-25-18-15-14-16-19-25/h14-16,18-23H,2-13,17,24H2,1H3/q+1. The third-order valence-electron chi connectivity index (χ3n) is 5.28.